The molecule has 0 aliphatic rings. The zero-order valence-corrected chi connectivity index (χ0v) is 18.5. The Kier molecular flexibility index (Phi) is 6.95. The molecule has 2 N–H and O–H groups in total. The first-order valence-corrected chi connectivity index (χ1v) is 10.9. The van der Waals surface area contributed by atoms with Gasteiger partial charge in [0.05, 0.1) is 11.4 Å². The van der Waals surface area contributed by atoms with Crippen LogP contribution in [0.25, 0.3) is 16.9 Å². The number of rotatable bonds is 8. The van der Waals surface area contributed by atoms with Crippen LogP contribution < -0.4 is 10.6 Å². The molecule has 0 bridgehead atoms. The molecule has 33 heavy (non-hydrogen) atoms. The van der Waals surface area contributed by atoms with Crippen LogP contribution in [0.15, 0.2) is 91.0 Å². The molecule has 0 unspecified atom stereocenters. The number of anilines is 1. The van der Waals surface area contributed by atoms with Crippen molar-refractivity contribution in [3.63, 3.8) is 0 Å². The second-order valence-electron chi connectivity index (χ2n) is 7.84. The SMILES string of the molecule is Cc1ccc(-n2nc(-c3ccccc3)cc2NC(=O)CCC(=O)NCc2ccccc2)cc1. The standard InChI is InChI=1S/C27H26N4O2/c1-20-12-14-23(15-13-20)31-25(18-24(30-31)22-10-6-3-7-11-22)29-27(33)17-16-26(32)28-19-21-8-4-2-5-9-21/h2-15,18H,16-17,19H2,1H3,(H,28,32)(H,29,33). The molecule has 166 valence electrons. The van der Waals surface area contributed by atoms with Gasteiger partial charge in [-0.05, 0) is 24.6 Å². The van der Waals surface area contributed by atoms with Crippen molar-refractivity contribution in [1.82, 2.24) is 15.1 Å². The van der Waals surface area contributed by atoms with Gasteiger partial charge in [-0.3, -0.25) is 9.59 Å². The Morgan fingerprint density at radius 1 is 0.818 bits per heavy atom. The van der Waals surface area contributed by atoms with Gasteiger partial charge in [0.25, 0.3) is 0 Å². The third kappa shape index (κ3) is 5.95. The molecule has 6 nitrogen and oxygen atoms in total. The van der Waals surface area contributed by atoms with Crippen LogP contribution >= 0.6 is 0 Å². The predicted molar refractivity (Wildman–Crippen MR) is 130 cm³/mol. The lowest BCUT2D eigenvalue weighted by atomic mass is 10.1. The number of hydrogen-bond donors (Lipinski definition) is 2. The van der Waals surface area contributed by atoms with Crippen LogP contribution in [0, 0.1) is 6.92 Å². The normalized spacial score (nSPS) is 10.6. The summed E-state index contributed by atoms with van der Waals surface area (Å²) in [6.45, 7) is 2.47. The first-order valence-electron chi connectivity index (χ1n) is 10.9. The second kappa shape index (κ2) is 10.4. The summed E-state index contributed by atoms with van der Waals surface area (Å²) in [5, 5.41) is 10.5. The number of nitrogens with one attached hydrogen (secondary N) is 2. The summed E-state index contributed by atoms with van der Waals surface area (Å²) in [5.41, 5.74) is 4.72. The molecule has 0 fully saturated rings. The fourth-order valence-electron chi connectivity index (χ4n) is 3.42. The van der Waals surface area contributed by atoms with Gasteiger partial charge in [-0.25, -0.2) is 4.68 Å². The van der Waals surface area contributed by atoms with Gasteiger partial charge in [0.1, 0.15) is 5.82 Å². The van der Waals surface area contributed by atoms with E-state index in [4.69, 9.17) is 5.10 Å². The minimum absolute atomic E-state index is 0.0837. The van der Waals surface area contributed by atoms with Crippen molar-refractivity contribution in [1.29, 1.82) is 0 Å². The van der Waals surface area contributed by atoms with Crippen molar-refractivity contribution in [2.24, 2.45) is 0 Å². The van der Waals surface area contributed by atoms with Crippen LogP contribution in [0.2, 0.25) is 0 Å². The van der Waals surface area contributed by atoms with Crippen molar-refractivity contribution in [2.45, 2.75) is 26.3 Å². The van der Waals surface area contributed by atoms with Crippen molar-refractivity contribution in [2.75, 3.05) is 5.32 Å². The van der Waals surface area contributed by atoms with E-state index >= 15 is 0 Å². The monoisotopic (exact) mass is 438 g/mol. The highest BCUT2D eigenvalue weighted by molar-refractivity contribution is 5.93. The lowest BCUT2D eigenvalue weighted by Crippen LogP contribution is -2.24. The summed E-state index contributed by atoms with van der Waals surface area (Å²) in [6, 6.07) is 29.3. The number of nitrogens with zero attached hydrogens (tertiary/aromatic N) is 2. The maximum Gasteiger partial charge on any atom is 0.226 e. The molecule has 0 radical (unpaired) electrons. The Labute approximate surface area is 193 Å². The van der Waals surface area contributed by atoms with Crippen molar-refractivity contribution in [3.8, 4) is 16.9 Å². The fraction of sp³-hybridized carbons (Fsp3) is 0.148. The number of aryl methyl sites for hydroxylation is 1. The van der Waals surface area contributed by atoms with Gasteiger partial charge in [0, 0.05) is 31.0 Å². The van der Waals surface area contributed by atoms with Gasteiger partial charge in [0.15, 0.2) is 0 Å². The second-order valence-corrected chi connectivity index (χ2v) is 7.84. The summed E-state index contributed by atoms with van der Waals surface area (Å²) < 4.78 is 1.72. The third-order valence-electron chi connectivity index (χ3n) is 5.24. The molecule has 3 aromatic carbocycles. The van der Waals surface area contributed by atoms with Crippen LogP contribution in [-0.4, -0.2) is 21.6 Å². The number of carbonyl (C=O) groups excluding carboxylic acids is 2. The Morgan fingerprint density at radius 2 is 1.45 bits per heavy atom. The topological polar surface area (TPSA) is 76.0 Å². The summed E-state index contributed by atoms with van der Waals surface area (Å²) in [4.78, 5) is 24.8. The molecule has 0 saturated carbocycles. The van der Waals surface area contributed by atoms with E-state index in [1.54, 1.807) is 4.68 Å². The van der Waals surface area contributed by atoms with E-state index in [2.05, 4.69) is 10.6 Å². The molecule has 4 rings (SSSR count). The summed E-state index contributed by atoms with van der Waals surface area (Å²) in [7, 11) is 0. The minimum Gasteiger partial charge on any atom is -0.352 e. The zero-order valence-electron chi connectivity index (χ0n) is 18.5. The zero-order chi connectivity index (χ0) is 23.0. The molecular weight excluding hydrogens is 412 g/mol. The summed E-state index contributed by atoms with van der Waals surface area (Å²) >= 11 is 0. The fourth-order valence-corrected chi connectivity index (χ4v) is 3.42. The first-order chi connectivity index (χ1) is 16.1. The van der Waals surface area contributed by atoms with Gasteiger partial charge in [-0.15, -0.1) is 0 Å². The maximum absolute atomic E-state index is 12.6. The van der Waals surface area contributed by atoms with Gasteiger partial charge in [-0.1, -0.05) is 78.4 Å². The number of carbonyl (C=O) groups is 2. The van der Waals surface area contributed by atoms with E-state index in [0.717, 1.165) is 28.1 Å². The molecule has 2 amide bonds. The number of aromatic nitrogens is 2. The van der Waals surface area contributed by atoms with Crippen LogP contribution in [-0.2, 0) is 16.1 Å². The Hall–Kier alpha value is -4.19. The lowest BCUT2D eigenvalue weighted by molar-refractivity contribution is -0.124. The molecule has 6 heteroatoms. The van der Waals surface area contributed by atoms with Gasteiger partial charge >= 0.3 is 0 Å². The number of amides is 2. The molecule has 0 aliphatic carbocycles. The van der Waals surface area contributed by atoms with E-state index in [9.17, 15) is 9.59 Å². The van der Waals surface area contributed by atoms with Crippen LogP contribution in [0.1, 0.15) is 24.0 Å². The third-order valence-corrected chi connectivity index (χ3v) is 5.24. The quantitative estimate of drug-likeness (QED) is 0.412. The van der Waals surface area contributed by atoms with E-state index in [-0.39, 0.29) is 24.7 Å². The number of hydrogen-bond acceptors (Lipinski definition) is 3. The Bertz CT molecular complexity index is 1220. The summed E-state index contributed by atoms with van der Waals surface area (Å²) in [5.74, 6) is 0.163. The lowest BCUT2D eigenvalue weighted by Gasteiger charge is -2.09. The Balaban J connectivity index is 1.43. The van der Waals surface area contributed by atoms with Gasteiger partial charge in [-0.2, -0.15) is 5.10 Å². The average molecular weight is 439 g/mol. The molecule has 0 spiro atoms. The highest BCUT2D eigenvalue weighted by Gasteiger charge is 2.15. The van der Waals surface area contributed by atoms with E-state index in [0.29, 0.717) is 12.4 Å². The van der Waals surface area contributed by atoms with Crippen LogP contribution in [0.3, 0.4) is 0 Å². The summed E-state index contributed by atoms with van der Waals surface area (Å²) in [6.07, 6.45) is 0.198. The first kappa shape index (κ1) is 22.0. The van der Waals surface area contributed by atoms with Crippen LogP contribution in [0.4, 0.5) is 5.82 Å². The van der Waals surface area contributed by atoms with E-state index in [1.807, 2.05) is 97.9 Å². The van der Waals surface area contributed by atoms with Crippen molar-refractivity contribution in [3.05, 3.63) is 102 Å². The Morgan fingerprint density at radius 3 is 2.15 bits per heavy atom. The van der Waals surface area contributed by atoms with Crippen molar-refractivity contribution < 1.29 is 9.59 Å². The predicted octanol–water partition coefficient (Wildman–Crippen LogP) is 4.88. The largest absolute Gasteiger partial charge is 0.352 e. The number of benzene rings is 3. The highest BCUT2D eigenvalue weighted by Crippen LogP contribution is 2.25. The van der Waals surface area contributed by atoms with Gasteiger partial charge < -0.3 is 10.6 Å². The maximum atomic E-state index is 12.6. The molecule has 1 aromatic heterocycles. The minimum atomic E-state index is -0.238. The van der Waals surface area contributed by atoms with Gasteiger partial charge in [0.2, 0.25) is 11.8 Å². The highest BCUT2D eigenvalue weighted by atomic mass is 16.2. The van der Waals surface area contributed by atoms with Crippen LogP contribution in [0.5, 0.6) is 0 Å². The molecule has 0 atom stereocenters. The smallest absolute Gasteiger partial charge is 0.226 e. The molecule has 4 aromatic rings. The van der Waals surface area contributed by atoms with E-state index in [1.165, 1.54) is 0 Å². The average Bonchev–Trinajstić information content (AvgIpc) is 3.27. The molecular formula is C27H26N4O2. The van der Waals surface area contributed by atoms with E-state index < -0.39 is 0 Å². The van der Waals surface area contributed by atoms with Crippen molar-refractivity contribution >= 4 is 17.6 Å². The molecule has 1 heterocycles. The molecule has 0 saturated heterocycles. The molecule has 0 aliphatic heterocycles.